The van der Waals surface area contributed by atoms with Crippen LogP contribution in [-0.2, 0) is 9.59 Å². The molecule has 0 aromatic carbocycles. The van der Waals surface area contributed by atoms with E-state index < -0.39 is 0 Å². The quantitative estimate of drug-likeness (QED) is 0.773. The van der Waals surface area contributed by atoms with Crippen molar-refractivity contribution in [2.45, 2.75) is 56.7 Å². The van der Waals surface area contributed by atoms with E-state index in [0.29, 0.717) is 31.4 Å². The number of hydrogen-bond acceptors (Lipinski definition) is 4. The van der Waals surface area contributed by atoms with Crippen molar-refractivity contribution >= 4 is 17.7 Å². The molecule has 0 saturated carbocycles. The molecule has 1 aromatic rings. The van der Waals surface area contributed by atoms with E-state index in [2.05, 4.69) is 4.98 Å². The maximum absolute atomic E-state index is 12.7. The van der Waals surface area contributed by atoms with Gasteiger partial charge in [-0.2, -0.15) is 0 Å². The third-order valence-electron chi connectivity index (χ3n) is 5.28. The zero-order valence-electron chi connectivity index (χ0n) is 12.9. The lowest BCUT2D eigenvalue weighted by molar-refractivity contribution is -0.142. The van der Waals surface area contributed by atoms with Crippen LogP contribution in [0.5, 0.6) is 0 Å². The van der Waals surface area contributed by atoms with Gasteiger partial charge in [0.15, 0.2) is 0 Å². The Kier molecular flexibility index (Phi) is 3.39. The Balaban J connectivity index is 1.53. The summed E-state index contributed by atoms with van der Waals surface area (Å²) in [7, 11) is 0. The van der Waals surface area contributed by atoms with E-state index in [1.165, 1.54) is 4.90 Å². The minimum atomic E-state index is -0.0519. The monoisotopic (exact) mass is 313 g/mol. The van der Waals surface area contributed by atoms with Crippen molar-refractivity contribution < 1.29 is 14.4 Å². The lowest BCUT2D eigenvalue weighted by Gasteiger charge is -2.41. The number of amides is 3. The number of nitrogens with zero attached hydrogens (tertiary/aromatic N) is 3. The Bertz CT molecular complexity index is 630. The van der Waals surface area contributed by atoms with Gasteiger partial charge >= 0.3 is 0 Å². The molecule has 2 bridgehead atoms. The Morgan fingerprint density at radius 2 is 1.65 bits per heavy atom. The largest absolute Gasteiger partial charge is 0.331 e. The molecule has 6 nitrogen and oxygen atoms in total. The Morgan fingerprint density at radius 3 is 2.22 bits per heavy atom. The van der Waals surface area contributed by atoms with Crippen LogP contribution in [0, 0.1) is 0 Å². The molecule has 2 unspecified atom stereocenters. The van der Waals surface area contributed by atoms with E-state index in [1.54, 1.807) is 18.3 Å². The third-order valence-corrected chi connectivity index (χ3v) is 5.28. The summed E-state index contributed by atoms with van der Waals surface area (Å²) in [4.78, 5) is 44.2. The zero-order chi connectivity index (χ0) is 16.0. The molecule has 3 fully saturated rings. The van der Waals surface area contributed by atoms with E-state index in [1.807, 2.05) is 11.0 Å². The molecular formula is C17H19N3O3. The summed E-state index contributed by atoms with van der Waals surface area (Å²) in [5, 5.41) is 0. The third kappa shape index (κ3) is 2.33. The zero-order valence-corrected chi connectivity index (χ0v) is 12.9. The molecule has 1 aromatic heterocycles. The smallest absolute Gasteiger partial charge is 0.272 e. The highest BCUT2D eigenvalue weighted by Crippen LogP contribution is 2.39. The van der Waals surface area contributed by atoms with Gasteiger partial charge in [-0.3, -0.25) is 24.3 Å². The standard InChI is InChI=1S/C17H19N3O3/c21-15-6-7-16(22)20(15)13-9-11-4-5-12(10-13)19(11)17(23)14-3-1-2-8-18-14/h1-3,8,11-13H,4-7,9-10H2. The number of hydrogen-bond donors (Lipinski definition) is 0. The van der Waals surface area contributed by atoms with Crippen molar-refractivity contribution in [2.75, 3.05) is 0 Å². The van der Waals surface area contributed by atoms with Crippen molar-refractivity contribution in [3.8, 4) is 0 Å². The van der Waals surface area contributed by atoms with Crippen LogP contribution in [0.3, 0.4) is 0 Å². The minimum absolute atomic E-state index is 0.0318. The average Bonchev–Trinajstić information content (AvgIpc) is 3.03. The van der Waals surface area contributed by atoms with Gasteiger partial charge in [0.25, 0.3) is 5.91 Å². The predicted octanol–water partition coefficient (Wildman–Crippen LogP) is 1.37. The summed E-state index contributed by atoms with van der Waals surface area (Å²) >= 11 is 0. The molecule has 23 heavy (non-hydrogen) atoms. The first-order valence-corrected chi connectivity index (χ1v) is 8.23. The maximum Gasteiger partial charge on any atom is 0.272 e. The number of piperidine rings is 1. The fourth-order valence-electron chi connectivity index (χ4n) is 4.31. The van der Waals surface area contributed by atoms with Gasteiger partial charge in [-0.05, 0) is 37.8 Å². The number of carbonyl (C=O) groups excluding carboxylic acids is 3. The van der Waals surface area contributed by atoms with Gasteiger partial charge in [0.05, 0.1) is 0 Å². The van der Waals surface area contributed by atoms with Crippen molar-refractivity contribution in [1.82, 2.24) is 14.8 Å². The fraction of sp³-hybridized carbons (Fsp3) is 0.529. The van der Waals surface area contributed by atoms with Gasteiger partial charge < -0.3 is 4.90 Å². The predicted molar refractivity (Wildman–Crippen MR) is 81.3 cm³/mol. The molecule has 6 heteroatoms. The molecule has 3 saturated heterocycles. The highest BCUT2D eigenvalue weighted by Gasteiger charge is 2.48. The number of rotatable bonds is 2. The van der Waals surface area contributed by atoms with Crippen LogP contribution < -0.4 is 0 Å². The van der Waals surface area contributed by atoms with E-state index in [9.17, 15) is 14.4 Å². The molecule has 3 amide bonds. The summed E-state index contributed by atoms with van der Waals surface area (Å²) in [6, 6.07) is 5.52. The first-order chi connectivity index (χ1) is 11.1. The summed E-state index contributed by atoms with van der Waals surface area (Å²) in [5.41, 5.74) is 0.469. The van der Waals surface area contributed by atoms with Gasteiger partial charge in [-0.15, -0.1) is 0 Å². The molecule has 3 aliphatic rings. The number of carbonyl (C=O) groups is 3. The van der Waals surface area contributed by atoms with Crippen LogP contribution in [0.15, 0.2) is 24.4 Å². The van der Waals surface area contributed by atoms with Crippen molar-refractivity contribution in [1.29, 1.82) is 0 Å². The molecule has 3 aliphatic heterocycles. The minimum Gasteiger partial charge on any atom is -0.331 e. The lowest BCUT2D eigenvalue weighted by Crippen LogP contribution is -2.53. The van der Waals surface area contributed by atoms with E-state index in [-0.39, 0.29) is 35.8 Å². The number of aromatic nitrogens is 1. The van der Waals surface area contributed by atoms with Crippen LogP contribution in [0.2, 0.25) is 0 Å². The van der Waals surface area contributed by atoms with Gasteiger partial charge in [-0.1, -0.05) is 6.07 Å². The molecule has 0 radical (unpaired) electrons. The second kappa shape index (κ2) is 5.44. The van der Waals surface area contributed by atoms with Crippen molar-refractivity contribution in [3.63, 3.8) is 0 Å². The van der Waals surface area contributed by atoms with Gasteiger partial charge in [-0.25, -0.2) is 0 Å². The van der Waals surface area contributed by atoms with Gasteiger partial charge in [0, 0.05) is 37.2 Å². The second-order valence-electron chi connectivity index (χ2n) is 6.60. The molecule has 2 atom stereocenters. The second-order valence-corrected chi connectivity index (χ2v) is 6.60. The molecule has 0 aliphatic carbocycles. The van der Waals surface area contributed by atoms with Gasteiger partial charge in [0.1, 0.15) is 5.69 Å². The van der Waals surface area contributed by atoms with Crippen LogP contribution in [0.4, 0.5) is 0 Å². The summed E-state index contributed by atoms with van der Waals surface area (Å²) < 4.78 is 0. The first kappa shape index (κ1) is 14.4. The Labute approximate surface area is 134 Å². The van der Waals surface area contributed by atoms with Crippen LogP contribution >= 0.6 is 0 Å². The molecule has 4 heterocycles. The van der Waals surface area contributed by atoms with Crippen molar-refractivity contribution in [3.05, 3.63) is 30.1 Å². The molecule has 120 valence electrons. The van der Waals surface area contributed by atoms with E-state index in [4.69, 9.17) is 0 Å². The molecule has 4 rings (SSSR count). The average molecular weight is 313 g/mol. The molecular weight excluding hydrogens is 294 g/mol. The fourth-order valence-corrected chi connectivity index (χ4v) is 4.31. The van der Waals surface area contributed by atoms with Crippen molar-refractivity contribution in [2.24, 2.45) is 0 Å². The highest BCUT2D eigenvalue weighted by molar-refractivity contribution is 6.02. The topological polar surface area (TPSA) is 70.6 Å². The summed E-state index contributed by atoms with van der Waals surface area (Å²) in [6.45, 7) is 0. The Hall–Kier alpha value is -2.24. The van der Waals surface area contributed by atoms with Crippen LogP contribution in [0.1, 0.15) is 49.0 Å². The molecule has 0 spiro atoms. The lowest BCUT2D eigenvalue weighted by atomic mass is 9.95. The maximum atomic E-state index is 12.7. The van der Waals surface area contributed by atoms with E-state index >= 15 is 0 Å². The Morgan fingerprint density at radius 1 is 1.00 bits per heavy atom. The first-order valence-electron chi connectivity index (χ1n) is 8.23. The normalized spacial score (nSPS) is 30.2. The molecule has 0 N–H and O–H groups in total. The van der Waals surface area contributed by atoms with Crippen LogP contribution in [-0.4, -0.2) is 50.6 Å². The highest BCUT2D eigenvalue weighted by atomic mass is 16.2. The van der Waals surface area contributed by atoms with Crippen LogP contribution in [0.25, 0.3) is 0 Å². The SMILES string of the molecule is O=C1CCC(=O)N1C1CC2CCC(C1)N2C(=O)c1ccccn1. The number of fused-ring (bicyclic) bond motifs is 2. The van der Waals surface area contributed by atoms with E-state index in [0.717, 1.165) is 12.8 Å². The summed E-state index contributed by atoms with van der Waals surface area (Å²) in [5.74, 6) is -0.136. The number of pyridine rings is 1. The summed E-state index contributed by atoms with van der Waals surface area (Å²) in [6.07, 6.45) is 5.58. The number of imide groups is 1. The van der Waals surface area contributed by atoms with Gasteiger partial charge in [0.2, 0.25) is 11.8 Å². The number of likely N-dealkylation sites (tertiary alicyclic amines) is 1.